The number of methoxy groups -OCH3 is 1. The van der Waals surface area contributed by atoms with Gasteiger partial charge in [-0.1, -0.05) is 6.07 Å². The van der Waals surface area contributed by atoms with E-state index in [9.17, 15) is 5.11 Å². The van der Waals surface area contributed by atoms with Crippen LogP contribution in [-0.2, 0) is 13.2 Å². The SMILES string of the molecule is COc1cc(CNCCNC[C@H](C)O)cc(Br)c1OCc1cccnc1. The number of rotatable bonds is 11. The van der Waals surface area contributed by atoms with Gasteiger partial charge in [-0.2, -0.15) is 0 Å². The monoisotopic (exact) mass is 423 g/mol. The van der Waals surface area contributed by atoms with E-state index in [1.54, 1.807) is 26.4 Å². The van der Waals surface area contributed by atoms with Gasteiger partial charge in [-0.05, 0) is 46.6 Å². The summed E-state index contributed by atoms with van der Waals surface area (Å²) in [7, 11) is 1.63. The van der Waals surface area contributed by atoms with Crippen molar-refractivity contribution in [3.8, 4) is 11.5 Å². The first-order valence-electron chi connectivity index (χ1n) is 8.57. The van der Waals surface area contributed by atoms with Crippen molar-refractivity contribution in [2.75, 3.05) is 26.7 Å². The van der Waals surface area contributed by atoms with Gasteiger partial charge in [0.2, 0.25) is 0 Å². The Hall–Kier alpha value is -1.67. The summed E-state index contributed by atoms with van der Waals surface area (Å²) in [4.78, 5) is 4.09. The number of aliphatic hydroxyl groups is 1. The molecule has 0 saturated carbocycles. The lowest BCUT2D eigenvalue weighted by molar-refractivity contribution is 0.191. The van der Waals surface area contributed by atoms with Gasteiger partial charge >= 0.3 is 0 Å². The molecule has 0 spiro atoms. The van der Waals surface area contributed by atoms with Gasteiger partial charge in [-0.3, -0.25) is 4.98 Å². The summed E-state index contributed by atoms with van der Waals surface area (Å²) in [6, 6.07) is 7.85. The van der Waals surface area contributed by atoms with E-state index < -0.39 is 0 Å². The van der Waals surface area contributed by atoms with Gasteiger partial charge in [0.05, 0.1) is 17.7 Å². The Labute approximate surface area is 163 Å². The summed E-state index contributed by atoms with van der Waals surface area (Å²) in [6.45, 7) is 5.12. The Bertz CT molecular complexity index is 669. The maximum Gasteiger partial charge on any atom is 0.175 e. The molecule has 0 amide bonds. The van der Waals surface area contributed by atoms with Crippen LogP contribution in [0.25, 0.3) is 0 Å². The molecule has 1 aromatic heterocycles. The summed E-state index contributed by atoms with van der Waals surface area (Å²) in [5.41, 5.74) is 2.09. The fourth-order valence-corrected chi connectivity index (χ4v) is 2.98. The van der Waals surface area contributed by atoms with Crippen LogP contribution in [0.5, 0.6) is 11.5 Å². The molecule has 0 aliphatic carbocycles. The molecule has 142 valence electrons. The van der Waals surface area contributed by atoms with Gasteiger partial charge in [-0.25, -0.2) is 0 Å². The van der Waals surface area contributed by atoms with E-state index in [1.165, 1.54) is 0 Å². The average Bonchev–Trinajstić information content (AvgIpc) is 2.63. The van der Waals surface area contributed by atoms with Crippen molar-refractivity contribution < 1.29 is 14.6 Å². The van der Waals surface area contributed by atoms with Crippen molar-refractivity contribution in [3.05, 3.63) is 52.3 Å². The minimum Gasteiger partial charge on any atom is -0.493 e. The smallest absolute Gasteiger partial charge is 0.175 e. The number of aromatic nitrogens is 1. The number of ether oxygens (including phenoxy) is 2. The standard InChI is InChI=1S/C19H26BrN3O3/c1-14(24)10-22-6-7-23-12-16-8-17(20)19(18(9-16)25-2)26-13-15-4-3-5-21-11-15/h3-5,8-9,11,14,22-24H,6-7,10,12-13H2,1-2H3/t14-/m0/s1. The Morgan fingerprint density at radius 3 is 2.73 bits per heavy atom. The highest BCUT2D eigenvalue weighted by Crippen LogP contribution is 2.37. The molecule has 0 fully saturated rings. The van der Waals surface area contributed by atoms with Crippen LogP contribution < -0.4 is 20.1 Å². The Morgan fingerprint density at radius 2 is 2.04 bits per heavy atom. The molecule has 0 saturated heterocycles. The summed E-state index contributed by atoms with van der Waals surface area (Å²) in [6.07, 6.45) is 3.20. The summed E-state index contributed by atoms with van der Waals surface area (Å²) in [5, 5.41) is 15.7. The Morgan fingerprint density at radius 1 is 1.23 bits per heavy atom. The van der Waals surface area contributed by atoms with E-state index >= 15 is 0 Å². The minimum absolute atomic E-state index is 0.325. The maximum absolute atomic E-state index is 9.20. The largest absolute Gasteiger partial charge is 0.493 e. The van der Waals surface area contributed by atoms with Crippen molar-refractivity contribution >= 4 is 15.9 Å². The van der Waals surface area contributed by atoms with Crippen LogP contribution in [0.1, 0.15) is 18.1 Å². The molecule has 0 radical (unpaired) electrons. The predicted molar refractivity (Wildman–Crippen MR) is 106 cm³/mol. The zero-order valence-corrected chi connectivity index (χ0v) is 16.8. The third kappa shape index (κ3) is 6.92. The number of hydrogen-bond acceptors (Lipinski definition) is 6. The molecule has 0 aliphatic rings. The molecule has 1 heterocycles. The highest BCUT2D eigenvalue weighted by Gasteiger charge is 2.12. The summed E-state index contributed by atoms with van der Waals surface area (Å²) >= 11 is 3.57. The quantitative estimate of drug-likeness (QED) is 0.482. The van der Waals surface area contributed by atoms with Gasteiger partial charge in [-0.15, -0.1) is 0 Å². The van der Waals surface area contributed by atoms with E-state index in [2.05, 4.69) is 31.5 Å². The maximum atomic E-state index is 9.20. The molecular formula is C19H26BrN3O3. The Kier molecular flexibility index (Phi) is 8.84. The molecule has 2 aromatic rings. The van der Waals surface area contributed by atoms with E-state index in [1.807, 2.05) is 24.3 Å². The lowest BCUT2D eigenvalue weighted by Crippen LogP contribution is -2.31. The molecule has 1 aromatic carbocycles. The van der Waals surface area contributed by atoms with Crippen LogP contribution in [-0.4, -0.2) is 42.9 Å². The summed E-state index contributed by atoms with van der Waals surface area (Å²) in [5.74, 6) is 1.37. The number of aliphatic hydroxyl groups excluding tert-OH is 1. The van der Waals surface area contributed by atoms with E-state index in [0.717, 1.165) is 28.7 Å². The topological polar surface area (TPSA) is 75.6 Å². The van der Waals surface area contributed by atoms with Crippen molar-refractivity contribution in [3.63, 3.8) is 0 Å². The second kappa shape index (κ2) is 11.1. The van der Waals surface area contributed by atoms with Crippen LogP contribution in [0.15, 0.2) is 41.1 Å². The van der Waals surface area contributed by atoms with Crippen LogP contribution in [0.2, 0.25) is 0 Å². The second-order valence-electron chi connectivity index (χ2n) is 5.99. The first-order valence-corrected chi connectivity index (χ1v) is 9.37. The van der Waals surface area contributed by atoms with Gasteiger partial charge in [0.15, 0.2) is 11.5 Å². The second-order valence-corrected chi connectivity index (χ2v) is 6.84. The average molecular weight is 424 g/mol. The van der Waals surface area contributed by atoms with Crippen LogP contribution >= 0.6 is 15.9 Å². The van der Waals surface area contributed by atoms with Crippen LogP contribution in [0.3, 0.4) is 0 Å². The number of halogens is 1. The lowest BCUT2D eigenvalue weighted by atomic mass is 10.2. The highest BCUT2D eigenvalue weighted by atomic mass is 79.9. The van der Waals surface area contributed by atoms with Crippen LogP contribution in [0, 0.1) is 0 Å². The molecule has 0 aliphatic heterocycles. The van der Waals surface area contributed by atoms with Gasteiger partial charge in [0.25, 0.3) is 0 Å². The number of benzene rings is 1. The van der Waals surface area contributed by atoms with Crippen molar-refractivity contribution in [1.82, 2.24) is 15.6 Å². The van der Waals surface area contributed by atoms with Crippen molar-refractivity contribution in [1.29, 1.82) is 0 Å². The van der Waals surface area contributed by atoms with Gasteiger partial charge in [0, 0.05) is 44.1 Å². The first-order chi connectivity index (χ1) is 12.6. The first kappa shape index (κ1) is 20.6. The predicted octanol–water partition coefficient (Wildman–Crippen LogP) is 2.49. The molecule has 3 N–H and O–H groups in total. The fourth-order valence-electron chi connectivity index (χ4n) is 2.37. The zero-order valence-electron chi connectivity index (χ0n) is 15.2. The van der Waals surface area contributed by atoms with Gasteiger partial charge < -0.3 is 25.2 Å². The zero-order chi connectivity index (χ0) is 18.8. The van der Waals surface area contributed by atoms with Gasteiger partial charge in [0.1, 0.15) is 6.61 Å². The lowest BCUT2D eigenvalue weighted by Gasteiger charge is -2.15. The minimum atomic E-state index is -0.325. The molecule has 0 bridgehead atoms. The van der Waals surface area contributed by atoms with E-state index in [0.29, 0.717) is 31.2 Å². The number of pyridine rings is 1. The number of nitrogens with one attached hydrogen (secondary N) is 2. The normalized spacial score (nSPS) is 12.0. The molecular weight excluding hydrogens is 398 g/mol. The van der Waals surface area contributed by atoms with Crippen molar-refractivity contribution in [2.24, 2.45) is 0 Å². The van der Waals surface area contributed by atoms with E-state index in [-0.39, 0.29) is 6.10 Å². The Balaban J connectivity index is 1.89. The molecule has 2 rings (SSSR count). The fraction of sp³-hybridized carbons (Fsp3) is 0.421. The number of hydrogen-bond donors (Lipinski definition) is 3. The molecule has 7 heteroatoms. The molecule has 26 heavy (non-hydrogen) atoms. The molecule has 6 nitrogen and oxygen atoms in total. The molecule has 1 atom stereocenters. The third-order valence-electron chi connectivity index (χ3n) is 3.64. The summed E-state index contributed by atoms with van der Waals surface area (Å²) < 4.78 is 12.3. The number of nitrogens with zero attached hydrogens (tertiary/aromatic N) is 1. The van der Waals surface area contributed by atoms with Crippen molar-refractivity contribution in [2.45, 2.75) is 26.2 Å². The third-order valence-corrected chi connectivity index (χ3v) is 4.23. The van der Waals surface area contributed by atoms with E-state index in [4.69, 9.17) is 9.47 Å². The molecule has 0 unspecified atom stereocenters. The highest BCUT2D eigenvalue weighted by molar-refractivity contribution is 9.10. The van der Waals surface area contributed by atoms with Crippen LogP contribution in [0.4, 0.5) is 0 Å².